The Hall–Kier alpha value is 0.217. The van der Waals surface area contributed by atoms with Crippen molar-refractivity contribution in [1.82, 2.24) is 0 Å². The van der Waals surface area contributed by atoms with Gasteiger partial charge in [-0.1, -0.05) is 64.2 Å². The van der Waals surface area contributed by atoms with E-state index in [1.165, 1.54) is 44.6 Å². The molecule has 1 aliphatic rings. The molecular formula is C11H24Si. The SMILES string of the molecule is C[Si](C)(C)CCCCCC1CC1. The summed E-state index contributed by atoms with van der Waals surface area (Å²) in [6, 6.07) is 1.54. The highest BCUT2D eigenvalue weighted by Gasteiger charge is 2.20. The lowest BCUT2D eigenvalue weighted by Crippen LogP contribution is -2.18. The second-order valence-electron chi connectivity index (χ2n) is 5.60. The summed E-state index contributed by atoms with van der Waals surface area (Å²) < 4.78 is 0. The average molecular weight is 184 g/mol. The Labute approximate surface area is 78.8 Å². The predicted octanol–water partition coefficient (Wildman–Crippen LogP) is 4.30. The van der Waals surface area contributed by atoms with Gasteiger partial charge in [-0.05, 0) is 5.92 Å². The highest BCUT2D eigenvalue weighted by atomic mass is 28.3. The first kappa shape index (κ1) is 10.3. The maximum Gasteiger partial charge on any atom is 0.0442 e. The fraction of sp³-hybridized carbons (Fsp3) is 1.00. The second kappa shape index (κ2) is 4.45. The van der Waals surface area contributed by atoms with Crippen molar-refractivity contribution in [2.75, 3.05) is 0 Å². The van der Waals surface area contributed by atoms with Crippen molar-refractivity contribution in [2.45, 2.75) is 64.2 Å². The van der Waals surface area contributed by atoms with Gasteiger partial charge in [0.2, 0.25) is 0 Å². The third-order valence-electron chi connectivity index (χ3n) is 2.74. The van der Waals surface area contributed by atoms with Crippen molar-refractivity contribution < 1.29 is 0 Å². The molecule has 0 aromatic heterocycles. The van der Waals surface area contributed by atoms with Crippen molar-refractivity contribution >= 4 is 8.07 Å². The van der Waals surface area contributed by atoms with Crippen LogP contribution in [0.2, 0.25) is 25.7 Å². The lowest BCUT2D eigenvalue weighted by atomic mass is 10.1. The Bertz CT molecular complexity index is 119. The van der Waals surface area contributed by atoms with Crippen molar-refractivity contribution in [3.63, 3.8) is 0 Å². The van der Waals surface area contributed by atoms with Crippen LogP contribution in [0.1, 0.15) is 38.5 Å². The minimum Gasteiger partial charge on any atom is -0.0695 e. The van der Waals surface area contributed by atoms with Crippen LogP contribution >= 0.6 is 0 Å². The maximum absolute atomic E-state index is 2.48. The molecule has 0 aromatic carbocycles. The molecule has 0 bridgehead atoms. The summed E-state index contributed by atoms with van der Waals surface area (Å²) in [5.41, 5.74) is 0. The molecule has 1 heteroatoms. The molecule has 0 unspecified atom stereocenters. The van der Waals surface area contributed by atoms with Gasteiger partial charge in [0.25, 0.3) is 0 Å². The maximum atomic E-state index is 2.48. The molecule has 1 saturated carbocycles. The van der Waals surface area contributed by atoms with Gasteiger partial charge in [0, 0.05) is 8.07 Å². The van der Waals surface area contributed by atoms with Crippen LogP contribution in [-0.4, -0.2) is 8.07 Å². The predicted molar refractivity (Wildman–Crippen MR) is 59.3 cm³/mol. The Morgan fingerprint density at radius 1 is 1.00 bits per heavy atom. The molecule has 0 aromatic rings. The number of unbranched alkanes of at least 4 members (excludes halogenated alkanes) is 2. The quantitative estimate of drug-likeness (QED) is 0.426. The van der Waals surface area contributed by atoms with Crippen molar-refractivity contribution in [1.29, 1.82) is 0 Å². The standard InChI is InChI=1S/C11H24Si/c1-12(2,3)10-6-4-5-7-11-8-9-11/h11H,4-10H2,1-3H3. The van der Waals surface area contributed by atoms with E-state index in [-0.39, 0.29) is 0 Å². The highest BCUT2D eigenvalue weighted by Crippen LogP contribution is 2.34. The Balaban J connectivity index is 1.82. The van der Waals surface area contributed by atoms with Gasteiger partial charge in [0.15, 0.2) is 0 Å². The Kier molecular flexibility index (Phi) is 3.82. The van der Waals surface area contributed by atoms with Crippen LogP contribution in [0.15, 0.2) is 0 Å². The first-order chi connectivity index (χ1) is 5.58. The van der Waals surface area contributed by atoms with Crippen LogP contribution < -0.4 is 0 Å². The lowest BCUT2D eigenvalue weighted by Gasteiger charge is -2.14. The summed E-state index contributed by atoms with van der Waals surface area (Å²) in [5.74, 6) is 1.15. The van der Waals surface area contributed by atoms with E-state index >= 15 is 0 Å². The largest absolute Gasteiger partial charge is 0.0695 e. The molecule has 1 aliphatic carbocycles. The average Bonchev–Trinajstić information content (AvgIpc) is 2.68. The van der Waals surface area contributed by atoms with Crippen LogP contribution in [0, 0.1) is 5.92 Å². The van der Waals surface area contributed by atoms with E-state index in [0.29, 0.717) is 0 Å². The minimum absolute atomic E-state index is 0.719. The first-order valence-corrected chi connectivity index (χ1v) is 9.29. The lowest BCUT2D eigenvalue weighted by molar-refractivity contribution is 0.618. The van der Waals surface area contributed by atoms with E-state index in [9.17, 15) is 0 Å². The van der Waals surface area contributed by atoms with E-state index in [0.717, 1.165) is 5.92 Å². The minimum atomic E-state index is -0.719. The number of rotatable bonds is 6. The molecule has 0 atom stereocenters. The Morgan fingerprint density at radius 3 is 2.17 bits per heavy atom. The molecule has 0 N–H and O–H groups in total. The van der Waals surface area contributed by atoms with Crippen LogP contribution in [0.4, 0.5) is 0 Å². The molecule has 0 aliphatic heterocycles. The van der Waals surface area contributed by atoms with Gasteiger partial charge in [-0.2, -0.15) is 0 Å². The van der Waals surface area contributed by atoms with Gasteiger partial charge in [-0.15, -0.1) is 0 Å². The van der Waals surface area contributed by atoms with E-state index in [1.807, 2.05) is 0 Å². The van der Waals surface area contributed by atoms with Crippen molar-refractivity contribution in [2.24, 2.45) is 5.92 Å². The van der Waals surface area contributed by atoms with E-state index in [4.69, 9.17) is 0 Å². The van der Waals surface area contributed by atoms with Gasteiger partial charge >= 0.3 is 0 Å². The first-order valence-electron chi connectivity index (χ1n) is 5.58. The van der Waals surface area contributed by atoms with Gasteiger partial charge in [-0.25, -0.2) is 0 Å². The third kappa shape index (κ3) is 5.82. The number of hydrogen-bond acceptors (Lipinski definition) is 0. The van der Waals surface area contributed by atoms with Crippen LogP contribution in [0.5, 0.6) is 0 Å². The normalized spacial score (nSPS) is 18.2. The number of hydrogen-bond donors (Lipinski definition) is 0. The van der Waals surface area contributed by atoms with Crippen LogP contribution in [0.3, 0.4) is 0 Å². The monoisotopic (exact) mass is 184 g/mol. The fourth-order valence-corrected chi connectivity index (χ4v) is 2.98. The Morgan fingerprint density at radius 2 is 1.67 bits per heavy atom. The highest BCUT2D eigenvalue weighted by molar-refractivity contribution is 6.76. The molecule has 0 nitrogen and oxygen atoms in total. The van der Waals surface area contributed by atoms with Gasteiger partial charge < -0.3 is 0 Å². The molecule has 0 amide bonds. The summed E-state index contributed by atoms with van der Waals surface area (Å²) in [4.78, 5) is 0. The molecular weight excluding hydrogens is 160 g/mol. The molecule has 0 spiro atoms. The molecule has 1 rings (SSSR count). The summed E-state index contributed by atoms with van der Waals surface area (Å²) in [7, 11) is -0.719. The molecule has 0 saturated heterocycles. The molecule has 12 heavy (non-hydrogen) atoms. The zero-order valence-electron chi connectivity index (χ0n) is 9.03. The molecule has 72 valence electrons. The summed E-state index contributed by atoms with van der Waals surface area (Å²) in [5, 5.41) is 0. The van der Waals surface area contributed by atoms with Crippen molar-refractivity contribution in [3.8, 4) is 0 Å². The smallest absolute Gasteiger partial charge is 0.0442 e. The summed E-state index contributed by atoms with van der Waals surface area (Å²) >= 11 is 0. The topological polar surface area (TPSA) is 0 Å². The van der Waals surface area contributed by atoms with Crippen LogP contribution in [0.25, 0.3) is 0 Å². The molecule has 0 heterocycles. The van der Waals surface area contributed by atoms with Gasteiger partial charge in [0.1, 0.15) is 0 Å². The van der Waals surface area contributed by atoms with Crippen molar-refractivity contribution in [3.05, 3.63) is 0 Å². The molecule has 0 radical (unpaired) electrons. The fourth-order valence-electron chi connectivity index (χ4n) is 1.67. The molecule has 1 fully saturated rings. The summed E-state index contributed by atoms with van der Waals surface area (Å²) in [6.07, 6.45) is 9.12. The third-order valence-corrected chi connectivity index (χ3v) is 4.59. The zero-order chi connectivity index (χ0) is 9.03. The van der Waals surface area contributed by atoms with E-state index in [1.54, 1.807) is 0 Å². The van der Waals surface area contributed by atoms with E-state index in [2.05, 4.69) is 19.6 Å². The summed E-state index contributed by atoms with van der Waals surface area (Å²) in [6.45, 7) is 7.44. The van der Waals surface area contributed by atoms with Crippen LogP contribution in [-0.2, 0) is 0 Å². The van der Waals surface area contributed by atoms with E-state index < -0.39 is 8.07 Å². The van der Waals surface area contributed by atoms with Gasteiger partial charge in [-0.3, -0.25) is 0 Å². The van der Waals surface area contributed by atoms with Gasteiger partial charge in [0.05, 0.1) is 0 Å². The second-order valence-corrected chi connectivity index (χ2v) is 11.2. The zero-order valence-corrected chi connectivity index (χ0v) is 10.0.